The summed E-state index contributed by atoms with van der Waals surface area (Å²) in [4.78, 5) is 26.0. The number of carboxylic acid groups (broad SMARTS) is 1. The van der Waals surface area contributed by atoms with E-state index in [4.69, 9.17) is 9.84 Å². The highest BCUT2D eigenvalue weighted by Gasteiger charge is 2.31. The van der Waals surface area contributed by atoms with Crippen LogP contribution in [0.2, 0.25) is 0 Å². The predicted octanol–water partition coefficient (Wildman–Crippen LogP) is 6.45. The third-order valence-corrected chi connectivity index (χ3v) is 6.81. The fourth-order valence-electron chi connectivity index (χ4n) is 3.77. The molecule has 33 heavy (non-hydrogen) atoms. The fraction of sp³-hybridized carbons (Fsp3) is 0.440. The SMILES string of the molecule is CC(C)c1cccc(C(F)(F)C/C=C/C2CCOC(=O)N2CCCc2ccc(C(=O)O)s2)c1. The standard InChI is InChI=1S/C25H29F2NO4S/c1-17(2)18-6-3-7-19(16-18)25(26,27)13-4-8-20-12-15-32-24(31)28(20)14-5-9-21-10-11-22(33-21)23(29)30/h3-4,6-8,10-11,16-17,20H,5,9,12-15H2,1-2H3,(H,29,30)/b8-4+. The molecule has 1 amide bonds. The normalized spacial score (nSPS) is 17.1. The first-order valence-corrected chi connectivity index (χ1v) is 11.9. The third kappa shape index (κ3) is 6.63. The number of hydrogen-bond donors (Lipinski definition) is 1. The van der Waals surface area contributed by atoms with Crippen LogP contribution < -0.4 is 0 Å². The summed E-state index contributed by atoms with van der Waals surface area (Å²) in [6.45, 7) is 4.60. The molecule has 5 nitrogen and oxygen atoms in total. The van der Waals surface area contributed by atoms with Gasteiger partial charge in [0.25, 0.3) is 5.92 Å². The molecule has 1 aromatic carbocycles. The summed E-state index contributed by atoms with van der Waals surface area (Å²) in [6.07, 6.45) is 4.02. The van der Waals surface area contributed by atoms with Crippen molar-refractivity contribution in [1.29, 1.82) is 0 Å². The number of halogens is 2. The van der Waals surface area contributed by atoms with Crippen molar-refractivity contribution in [3.63, 3.8) is 0 Å². The van der Waals surface area contributed by atoms with Gasteiger partial charge in [-0.2, -0.15) is 0 Å². The summed E-state index contributed by atoms with van der Waals surface area (Å²) in [5.74, 6) is -3.78. The lowest BCUT2D eigenvalue weighted by Gasteiger charge is -2.33. The maximum atomic E-state index is 14.8. The van der Waals surface area contributed by atoms with Gasteiger partial charge in [-0.25, -0.2) is 18.4 Å². The first-order valence-electron chi connectivity index (χ1n) is 11.1. The highest BCUT2D eigenvalue weighted by atomic mass is 32.1. The molecule has 0 radical (unpaired) electrons. The van der Waals surface area contributed by atoms with Gasteiger partial charge in [-0.05, 0) is 42.5 Å². The van der Waals surface area contributed by atoms with E-state index >= 15 is 0 Å². The van der Waals surface area contributed by atoms with Gasteiger partial charge in [-0.15, -0.1) is 11.3 Å². The minimum atomic E-state index is -3.00. The Morgan fingerprint density at radius 2 is 2.12 bits per heavy atom. The van der Waals surface area contributed by atoms with Crippen LogP contribution >= 0.6 is 11.3 Å². The number of rotatable bonds is 10. The number of ether oxygens (including phenoxy) is 1. The van der Waals surface area contributed by atoms with E-state index in [1.165, 1.54) is 23.5 Å². The highest BCUT2D eigenvalue weighted by Crippen LogP contribution is 2.34. The highest BCUT2D eigenvalue weighted by molar-refractivity contribution is 7.13. The number of carbonyl (C=O) groups is 2. The van der Waals surface area contributed by atoms with E-state index < -0.39 is 24.4 Å². The molecule has 1 aromatic heterocycles. The maximum absolute atomic E-state index is 14.8. The number of thiophene rings is 1. The Balaban J connectivity index is 1.59. The lowest BCUT2D eigenvalue weighted by Crippen LogP contribution is -2.45. The van der Waals surface area contributed by atoms with Crippen LogP contribution in [-0.4, -0.2) is 41.3 Å². The minimum absolute atomic E-state index is 0.00469. The quantitative estimate of drug-likeness (QED) is 0.399. The molecule has 0 saturated carbocycles. The number of allylic oxidation sites excluding steroid dienone is 1. The predicted molar refractivity (Wildman–Crippen MR) is 124 cm³/mol. The molecule has 1 unspecified atom stereocenters. The van der Waals surface area contributed by atoms with E-state index in [1.54, 1.807) is 35.2 Å². The van der Waals surface area contributed by atoms with Crippen molar-refractivity contribution < 1.29 is 28.2 Å². The zero-order valence-electron chi connectivity index (χ0n) is 18.8. The molecule has 1 aliphatic rings. The second-order valence-electron chi connectivity index (χ2n) is 8.46. The Morgan fingerprint density at radius 3 is 2.82 bits per heavy atom. The molecular formula is C25H29F2NO4S. The van der Waals surface area contributed by atoms with Gasteiger partial charge < -0.3 is 14.7 Å². The van der Waals surface area contributed by atoms with Gasteiger partial charge in [0.2, 0.25) is 0 Å². The van der Waals surface area contributed by atoms with E-state index in [0.29, 0.717) is 25.8 Å². The molecule has 1 fully saturated rings. The van der Waals surface area contributed by atoms with Crippen molar-refractivity contribution in [2.24, 2.45) is 0 Å². The van der Waals surface area contributed by atoms with Gasteiger partial charge in [0.15, 0.2) is 0 Å². The molecule has 178 valence electrons. The first-order chi connectivity index (χ1) is 15.7. The zero-order chi connectivity index (χ0) is 24.0. The summed E-state index contributed by atoms with van der Waals surface area (Å²) in [5, 5.41) is 9.03. The molecule has 2 aromatic rings. The second kappa shape index (κ2) is 10.9. The van der Waals surface area contributed by atoms with Crippen molar-refractivity contribution >= 4 is 23.4 Å². The van der Waals surface area contributed by atoms with Crippen LogP contribution in [0.1, 0.15) is 64.7 Å². The van der Waals surface area contributed by atoms with E-state index in [-0.39, 0.29) is 29.0 Å². The average molecular weight is 478 g/mol. The lowest BCUT2D eigenvalue weighted by molar-refractivity contribution is -0.00129. The van der Waals surface area contributed by atoms with Gasteiger partial charge in [-0.3, -0.25) is 0 Å². The Hall–Kier alpha value is -2.74. The second-order valence-corrected chi connectivity index (χ2v) is 9.62. The summed E-state index contributed by atoms with van der Waals surface area (Å²) >= 11 is 1.21. The van der Waals surface area contributed by atoms with Gasteiger partial charge in [0.1, 0.15) is 4.88 Å². The molecule has 0 spiro atoms. The molecule has 0 bridgehead atoms. The number of carbonyl (C=O) groups excluding carboxylic acids is 1. The maximum Gasteiger partial charge on any atom is 0.410 e. The number of carboxylic acids is 1. The molecule has 1 N–H and O–H groups in total. The molecular weight excluding hydrogens is 448 g/mol. The number of aryl methyl sites for hydroxylation is 1. The monoisotopic (exact) mass is 477 g/mol. The Morgan fingerprint density at radius 1 is 1.33 bits per heavy atom. The van der Waals surface area contributed by atoms with Gasteiger partial charge in [0, 0.05) is 29.8 Å². The van der Waals surface area contributed by atoms with Crippen LogP contribution in [0.3, 0.4) is 0 Å². The van der Waals surface area contributed by atoms with E-state index in [2.05, 4.69) is 0 Å². The number of aromatic carboxylic acids is 1. The number of benzene rings is 1. The first kappa shape index (κ1) is 24.9. The largest absolute Gasteiger partial charge is 0.477 e. The Labute approximate surface area is 196 Å². The van der Waals surface area contributed by atoms with Gasteiger partial charge >= 0.3 is 12.1 Å². The van der Waals surface area contributed by atoms with Crippen LogP contribution in [0.25, 0.3) is 0 Å². The summed E-state index contributed by atoms with van der Waals surface area (Å²) in [7, 11) is 0. The summed E-state index contributed by atoms with van der Waals surface area (Å²) in [6, 6.07) is 9.56. The molecule has 1 atom stereocenters. The van der Waals surface area contributed by atoms with Crippen LogP contribution in [0.15, 0.2) is 48.6 Å². The lowest BCUT2D eigenvalue weighted by atomic mass is 9.97. The average Bonchev–Trinajstić information content (AvgIpc) is 3.25. The summed E-state index contributed by atoms with van der Waals surface area (Å²) < 4.78 is 34.7. The molecule has 0 aliphatic carbocycles. The van der Waals surface area contributed by atoms with Crippen molar-refractivity contribution in [3.8, 4) is 0 Å². The van der Waals surface area contributed by atoms with E-state index in [0.717, 1.165) is 10.4 Å². The molecule has 1 saturated heterocycles. The van der Waals surface area contributed by atoms with Crippen molar-refractivity contribution in [1.82, 2.24) is 4.90 Å². The van der Waals surface area contributed by atoms with E-state index in [1.807, 2.05) is 19.9 Å². The van der Waals surface area contributed by atoms with Gasteiger partial charge in [0.05, 0.1) is 12.6 Å². The smallest absolute Gasteiger partial charge is 0.410 e. The molecule has 8 heteroatoms. The van der Waals surface area contributed by atoms with Crippen LogP contribution in [0.5, 0.6) is 0 Å². The van der Waals surface area contributed by atoms with Crippen molar-refractivity contribution in [3.05, 3.63) is 69.4 Å². The topological polar surface area (TPSA) is 66.8 Å². The van der Waals surface area contributed by atoms with Crippen molar-refractivity contribution in [2.45, 2.75) is 57.4 Å². The van der Waals surface area contributed by atoms with Gasteiger partial charge in [-0.1, -0.05) is 44.2 Å². The number of amides is 1. The molecule has 2 heterocycles. The number of hydrogen-bond acceptors (Lipinski definition) is 4. The number of nitrogens with zero attached hydrogens (tertiary/aromatic N) is 1. The van der Waals surface area contributed by atoms with Crippen LogP contribution in [0.4, 0.5) is 13.6 Å². The van der Waals surface area contributed by atoms with Crippen LogP contribution in [0, 0.1) is 0 Å². The summed E-state index contributed by atoms with van der Waals surface area (Å²) in [5.41, 5.74) is 0.869. The Bertz CT molecular complexity index is 1000. The zero-order valence-corrected chi connectivity index (χ0v) is 19.6. The van der Waals surface area contributed by atoms with E-state index in [9.17, 15) is 18.4 Å². The number of alkyl halides is 2. The molecule has 1 aliphatic heterocycles. The minimum Gasteiger partial charge on any atom is -0.477 e. The Kier molecular flexibility index (Phi) is 8.24. The fourth-order valence-corrected chi connectivity index (χ4v) is 4.65. The molecule has 3 rings (SSSR count). The van der Waals surface area contributed by atoms with Crippen molar-refractivity contribution in [2.75, 3.05) is 13.2 Å². The van der Waals surface area contributed by atoms with Crippen LogP contribution in [-0.2, 0) is 17.1 Å². The third-order valence-electron chi connectivity index (χ3n) is 5.68. The number of cyclic esters (lactones) is 1.